The molecule has 3 aromatic rings. The van der Waals surface area contributed by atoms with Gasteiger partial charge in [-0.05, 0) is 69.7 Å². The van der Waals surface area contributed by atoms with Gasteiger partial charge in [-0.15, -0.1) is 0 Å². The van der Waals surface area contributed by atoms with Crippen LogP contribution < -0.4 is 19.5 Å². The van der Waals surface area contributed by atoms with Crippen LogP contribution in [0.1, 0.15) is 11.1 Å². The number of nitrogens with zero attached hydrogens (tertiary/aromatic N) is 1. The van der Waals surface area contributed by atoms with Crippen molar-refractivity contribution >= 4 is 68.1 Å². The van der Waals surface area contributed by atoms with Crippen molar-refractivity contribution in [1.82, 2.24) is 4.90 Å². The van der Waals surface area contributed by atoms with Crippen LogP contribution in [0.25, 0.3) is 6.08 Å². The average molecular weight is 616 g/mol. The lowest BCUT2D eigenvalue weighted by Gasteiger charge is -2.19. The van der Waals surface area contributed by atoms with E-state index < -0.39 is 23.6 Å². The number of anilines is 1. The number of rotatable bonds is 7. The first-order chi connectivity index (χ1) is 18.4. The highest BCUT2D eigenvalue weighted by atomic mass is 79.9. The number of hydrogen-bond donors (Lipinski definition) is 1. The van der Waals surface area contributed by atoms with Gasteiger partial charge in [0.1, 0.15) is 32.1 Å². The standard InChI is InChI=1S/C27H20BrClN2O6S/c28-19-11-16(5-7-21(19)37-15-17-3-1-2-4-20(17)29)12-24-26(33)31(27(34)38-24)14-25(32)30-18-6-8-22-23(13-18)36-10-9-35-22/h1-8,11-13H,9-10,14-15H2,(H,30,32)/b24-12+. The summed E-state index contributed by atoms with van der Waals surface area (Å²) in [6, 6.07) is 17.7. The first-order valence-corrected chi connectivity index (χ1v) is 13.5. The first-order valence-electron chi connectivity index (χ1n) is 11.5. The van der Waals surface area contributed by atoms with Crippen LogP contribution in [-0.4, -0.2) is 41.7 Å². The summed E-state index contributed by atoms with van der Waals surface area (Å²) in [5.41, 5.74) is 2.02. The van der Waals surface area contributed by atoms with Gasteiger partial charge in [0.05, 0.1) is 9.38 Å². The summed E-state index contributed by atoms with van der Waals surface area (Å²) in [5.74, 6) is 0.679. The monoisotopic (exact) mass is 614 g/mol. The SMILES string of the molecule is O=C(CN1C(=O)S/C(=C/c2ccc(OCc3ccccc3Cl)c(Br)c2)C1=O)Nc1ccc2c(c1)OCCO2. The number of carbonyl (C=O) groups is 3. The molecule has 3 amide bonds. The van der Waals surface area contributed by atoms with E-state index in [9.17, 15) is 14.4 Å². The number of imide groups is 1. The second-order valence-electron chi connectivity index (χ2n) is 8.24. The van der Waals surface area contributed by atoms with E-state index in [1.807, 2.05) is 18.2 Å². The van der Waals surface area contributed by atoms with Gasteiger partial charge in [0.2, 0.25) is 5.91 Å². The highest BCUT2D eigenvalue weighted by Gasteiger charge is 2.36. The Bertz CT molecular complexity index is 1460. The Morgan fingerprint density at radius 3 is 2.66 bits per heavy atom. The number of benzene rings is 3. The van der Waals surface area contributed by atoms with E-state index in [4.69, 9.17) is 25.8 Å². The predicted octanol–water partition coefficient (Wildman–Crippen LogP) is 6.13. The lowest BCUT2D eigenvalue weighted by molar-refractivity contribution is -0.127. The summed E-state index contributed by atoms with van der Waals surface area (Å²) >= 11 is 10.5. The Hall–Kier alpha value is -3.47. The summed E-state index contributed by atoms with van der Waals surface area (Å²) in [7, 11) is 0. The molecule has 3 aromatic carbocycles. The van der Waals surface area contributed by atoms with Crippen molar-refractivity contribution in [3.8, 4) is 17.2 Å². The molecule has 38 heavy (non-hydrogen) atoms. The van der Waals surface area contributed by atoms with Gasteiger partial charge in [0, 0.05) is 22.3 Å². The number of carbonyl (C=O) groups excluding carboxylic acids is 3. The summed E-state index contributed by atoms with van der Waals surface area (Å²) < 4.78 is 17.5. The molecule has 0 radical (unpaired) electrons. The van der Waals surface area contributed by atoms with Crippen LogP contribution in [0, 0.1) is 0 Å². The van der Waals surface area contributed by atoms with Gasteiger partial charge in [-0.1, -0.05) is 35.9 Å². The Balaban J connectivity index is 1.21. The largest absolute Gasteiger partial charge is 0.488 e. The molecule has 8 nitrogen and oxygen atoms in total. The summed E-state index contributed by atoms with van der Waals surface area (Å²) in [6.07, 6.45) is 1.60. The summed E-state index contributed by atoms with van der Waals surface area (Å²) in [5, 5.41) is 2.79. The summed E-state index contributed by atoms with van der Waals surface area (Å²) in [6.45, 7) is 0.770. The third-order valence-corrected chi connectivity index (χ3v) is 7.49. The molecule has 11 heteroatoms. The van der Waals surface area contributed by atoms with Crippen molar-refractivity contribution in [3.05, 3.63) is 86.2 Å². The second-order valence-corrected chi connectivity index (χ2v) is 10.5. The first kappa shape index (κ1) is 26.1. The maximum absolute atomic E-state index is 12.9. The molecule has 1 saturated heterocycles. The molecular weight excluding hydrogens is 596 g/mol. The van der Waals surface area contributed by atoms with Crippen molar-refractivity contribution in [3.63, 3.8) is 0 Å². The van der Waals surface area contributed by atoms with Crippen molar-refractivity contribution in [1.29, 1.82) is 0 Å². The van der Waals surface area contributed by atoms with E-state index in [2.05, 4.69) is 21.2 Å². The minimum Gasteiger partial charge on any atom is -0.488 e. The number of halogens is 2. The molecule has 0 aromatic heterocycles. The molecule has 0 atom stereocenters. The molecule has 1 N–H and O–H groups in total. The predicted molar refractivity (Wildman–Crippen MR) is 149 cm³/mol. The van der Waals surface area contributed by atoms with E-state index in [1.165, 1.54) is 0 Å². The number of ether oxygens (including phenoxy) is 3. The van der Waals surface area contributed by atoms with E-state index in [-0.39, 0.29) is 4.91 Å². The second kappa shape index (κ2) is 11.5. The van der Waals surface area contributed by atoms with Crippen LogP contribution in [0.2, 0.25) is 5.02 Å². The quantitative estimate of drug-likeness (QED) is 0.320. The van der Waals surface area contributed by atoms with Crippen LogP contribution in [0.15, 0.2) is 70.0 Å². The molecule has 1 fully saturated rings. The minimum atomic E-state index is -0.535. The fourth-order valence-corrected chi connectivity index (χ4v) is 5.29. The van der Waals surface area contributed by atoms with E-state index in [0.29, 0.717) is 57.8 Å². The molecule has 0 saturated carbocycles. The van der Waals surface area contributed by atoms with Gasteiger partial charge in [0.25, 0.3) is 11.1 Å². The topological polar surface area (TPSA) is 94.2 Å². The van der Waals surface area contributed by atoms with Crippen molar-refractivity contribution in [2.24, 2.45) is 0 Å². The molecule has 0 spiro atoms. The lowest BCUT2D eigenvalue weighted by Crippen LogP contribution is -2.36. The normalized spacial score (nSPS) is 15.6. The van der Waals surface area contributed by atoms with Gasteiger partial charge in [0.15, 0.2) is 11.5 Å². The zero-order chi connectivity index (χ0) is 26.6. The number of nitrogens with one attached hydrogen (secondary N) is 1. The van der Waals surface area contributed by atoms with E-state index in [0.717, 1.165) is 22.2 Å². The molecule has 2 heterocycles. The molecule has 5 rings (SSSR count). The smallest absolute Gasteiger partial charge is 0.294 e. The van der Waals surface area contributed by atoms with Crippen LogP contribution >= 0.6 is 39.3 Å². The van der Waals surface area contributed by atoms with Crippen LogP contribution in [0.3, 0.4) is 0 Å². The molecular formula is C27H20BrClN2O6S. The maximum atomic E-state index is 12.9. The highest BCUT2D eigenvalue weighted by molar-refractivity contribution is 9.10. The Kier molecular flexibility index (Phi) is 7.92. The van der Waals surface area contributed by atoms with E-state index in [1.54, 1.807) is 48.5 Å². The number of fused-ring (bicyclic) bond motifs is 1. The van der Waals surface area contributed by atoms with E-state index >= 15 is 0 Å². The van der Waals surface area contributed by atoms with Crippen LogP contribution in [0.4, 0.5) is 10.5 Å². The Labute approximate surface area is 236 Å². The molecule has 2 aliphatic rings. The van der Waals surface area contributed by atoms with Gasteiger partial charge in [-0.3, -0.25) is 19.3 Å². The Morgan fingerprint density at radius 2 is 1.87 bits per heavy atom. The number of thioether (sulfide) groups is 1. The average Bonchev–Trinajstić information content (AvgIpc) is 3.16. The molecule has 0 unspecified atom stereocenters. The van der Waals surface area contributed by atoms with Crippen LogP contribution in [-0.2, 0) is 16.2 Å². The molecule has 194 valence electrons. The highest BCUT2D eigenvalue weighted by Crippen LogP contribution is 2.35. The molecule has 0 aliphatic carbocycles. The van der Waals surface area contributed by atoms with Crippen molar-refractivity contribution in [2.45, 2.75) is 6.61 Å². The number of amides is 3. The lowest BCUT2D eigenvalue weighted by atomic mass is 10.2. The number of hydrogen-bond acceptors (Lipinski definition) is 7. The minimum absolute atomic E-state index is 0.221. The molecule has 0 bridgehead atoms. The van der Waals surface area contributed by atoms with Gasteiger partial charge >= 0.3 is 0 Å². The van der Waals surface area contributed by atoms with Gasteiger partial charge in [-0.25, -0.2) is 0 Å². The maximum Gasteiger partial charge on any atom is 0.294 e. The van der Waals surface area contributed by atoms with Crippen molar-refractivity contribution < 1.29 is 28.6 Å². The Morgan fingerprint density at radius 1 is 1.08 bits per heavy atom. The third-order valence-electron chi connectivity index (χ3n) is 5.60. The van der Waals surface area contributed by atoms with Gasteiger partial charge < -0.3 is 19.5 Å². The zero-order valence-corrected chi connectivity index (χ0v) is 22.9. The fraction of sp³-hybridized carbons (Fsp3) is 0.148. The van der Waals surface area contributed by atoms with Crippen LogP contribution in [0.5, 0.6) is 17.2 Å². The zero-order valence-electron chi connectivity index (χ0n) is 19.7. The summed E-state index contributed by atoms with van der Waals surface area (Å²) in [4.78, 5) is 39.1. The fourth-order valence-electron chi connectivity index (χ4n) is 3.75. The van der Waals surface area contributed by atoms with Gasteiger partial charge in [-0.2, -0.15) is 0 Å². The molecule has 2 aliphatic heterocycles. The third kappa shape index (κ3) is 5.98. The van der Waals surface area contributed by atoms with Crippen molar-refractivity contribution in [2.75, 3.05) is 25.1 Å².